The minimum absolute atomic E-state index is 0.0590. The second-order valence-corrected chi connectivity index (χ2v) is 10.5. The Kier molecular flexibility index (Phi) is 6.98. The van der Waals surface area contributed by atoms with Gasteiger partial charge in [-0.15, -0.1) is 0 Å². The fraction of sp³-hybridized carbons (Fsp3) is 0.333. The predicted octanol–water partition coefficient (Wildman–Crippen LogP) is 5.47. The molecule has 0 radical (unpaired) electrons. The van der Waals surface area contributed by atoms with Gasteiger partial charge in [0, 0.05) is 0 Å². The summed E-state index contributed by atoms with van der Waals surface area (Å²) in [6.07, 6.45) is 0.813. The van der Waals surface area contributed by atoms with E-state index in [0.717, 1.165) is 23.1 Å². The first-order valence-corrected chi connectivity index (χ1v) is 12.7. The zero-order valence-electron chi connectivity index (χ0n) is 18.9. The van der Waals surface area contributed by atoms with E-state index in [-0.39, 0.29) is 29.2 Å². The molecular formula is C27H29FO4S. The van der Waals surface area contributed by atoms with Gasteiger partial charge >= 0.3 is 0 Å². The van der Waals surface area contributed by atoms with Crippen molar-refractivity contribution in [2.45, 2.75) is 55.9 Å². The fourth-order valence-corrected chi connectivity index (χ4v) is 5.64. The number of hydrogen-bond acceptors (Lipinski definition) is 4. The maximum Gasteiger partial charge on any atom is 0.297 e. The highest BCUT2D eigenvalue weighted by Gasteiger charge is 2.29. The van der Waals surface area contributed by atoms with E-state index in [2.05, 4.69) is 19.1 Å². The van der Waals surface area contributed by atoms with Crippen LogP contribution in [-0.4, -0.2) is 26.2 Å². The van der Waals surface area contributed by atoms with Gasteiger partial charge in [0.2, 0.25) is 0 Å². The Balaban J connectivity index is 1.47. The molecule has 0 fully saturated rings. The van der Waals surface area contributed by atoms with E-state index in [4.69, 9.17) is 4.18 Å². The Morgan fingerprint density at radius 2 is 1.73 bits per heavy atom. The number of aryl methyl sites for hydroxylation is 1. The molecule has 0 spiro atoms. The van der Waals surface area contributed by atoms with Gasteiger partial charge in [-0.25, -0.2) is 4.39 Å². The zero-order chi connectivity index (χ0) is 23.6. The number of rotatable bonds is 7. The Bertz CT molecular complexity index is 1220. The van der Waals surface area contributed by atoms with Crippen molar-refractivity contribution in [3.8, 4) is 0 Å². The maximum absolute atomic E-state index is 14.0. The third-order valence-electron chi connectivity index (χ3n) is 6.57. The average molecular weight is 469 g/mol. The summed E-state index contributed by atoms with van der Waals surface area (Å²) >= 11 is 0. The Morgan fingerprint density at radius 3 is 2.48 bits per heavy atom. The summed E-state index contributed by atoms with van der Waals surface area (Å²) in [6.45, 7) is 3.67. The van der Waals surface area contributed by atoms with Crippen molar-refractivity contribution < 1.29 is 22.1 Å². The van der Waals surface area contributed by atoms with Crippen LogP contribution >= 0.6 is 0 Å². The number of aliphatic hydroxyl groups excluding tert-OH is 1. The largest absolute Gasteiger partial charge is 0.391 e. The average Bonchev–Trinajstić information content (AvgIpc) is 2.91. The quantitative estimate of drug-likeness (QED) is 0.467. The van der Waals surface area contributed by atoms with Crippen LogP contribution < -0.4 is 0 Å². The van der Waals surface area contributed by atoms with Crippen molar-refractivity contribution >= 4 is 10.1 Å². The van der Waals surface area contributed by atoms with E-state index in [1.54, 1.807) is 18.2 Å². The van der Waals surface area contributed by atoms with Crippen LogP contribution in [-0.2, 0) is 20.7 Å². The van der Waals surface area contributed by atoms with Crippen molar-refractivity contribution in [1.82, 2.24) is 0 Å². The van der Waals surface area contributed by atoms with Gasteiger partial charge in [0.15, 0.2) is 0 Å². The van der Waals surface area contributed by atoms with Gasteiger partial charge in [-0.1, -0.05) is 55.0 Å². The van der Waals surface area contributed by atoms with Crippen LogP contribution in [0.5, 0.6) is 0 Å². The second kappa shape index (κ2) is 9.75. The van der Waals surface area contributed by atoms with E-state index < -0.39 is 16.2 Å². The topological polar surface area (TPSA) is 63.6 Å². The molecule has 0 saturated carbocycles. The van der Waals surface area contributed by atoms with Gasteiger partial charge in [-0.2, -0.15) is 8.42 Å². The molecule has 4 nitrogen and oxygen atoms in total. The van der Waals surface area contributed by atoms with Crippen LogP contribution in [0, 0.1) is 12.7 Å². The molecule has 0 amide bonds. The number of benzene rings is 3. The van der Waals surface area contributed by atoms with Crippen LogP contribution in [0.3, 0.4) is 0 Å². The van der Waals surface area contributed by atoms with E-state index in [0.29, 0.717) is 12.8 Å². The molecule has 0 bridgehead atoms. The van der Waals surface area contributed by atoms with Crippen molar-refractivity contribution in [2.24, 2.45) is 0 Å². The molecule has 33 heavy (non-hydrogen) atoms. The monoisotopic (exact) mass is 468 g/mol. The summed E-state index contributed by atoms with van der Waals surface area (Å²) in [5, 5.41) is 10.5. The first-order valence-electron chi connectivity index (χ1n) is 11.2. The highest BCUT2D eigenvalue weighted by Crippen LogP contribution is 2.43. The summed E-state index contributed by atoms with van der Waals surface area (Å²) in [6, 6.07) is 19.6. The van der Waals surface area contributed by atoms with E-state index in [9.17, 15) is 17.9 Å². The van der Waals surface area contributed by atoms with Gasteiger partial charge in [-0.3, -0.25) is 4.18 Å². The van der Waals surface area contributed by atoms with E-state index in [1.807, 2.05) is 25.1 Å². The summed E-state index contributed by atoms with van der Waals surface area (Å²) < 4.78 is 44.0. The molecule has 1 N–H and O–H groups in total. The van der Waals surface area contributed by atoms with E-state index in [1.165, 1.54) is 29.3 Å². The molecular weight excluding hydrogens is 439 g/mol. The lowest BCUT2D eigenvalue weighted by Crippen LogP contribution is -2.21. The minimum Gasteiger partial charge on any atom is -0.391 e. The van der Waals surface area contributed by atoms with Crippen LogP contribution in [0.25, 0.3) is 0 Å². The second-order valence-electron chi connectivity index (χ2n) is 8.90. The molecule has 6 heteroatoms. The van der Waals surface area contributed by atoms with Gasteiger partial charge in [0.05, 0.1) is 17.6 Å². The van der Waals surface area contributed by atoms with Crippen LogP contribution in [0.1, 0.15) is 59.4 Å². The summed E-state index contributed by atoms with van der Waals surface area (Å²) in [5.41, 5.74) is 5.46. The lowest BCUT2D eigenvalue weighted by atomic mass is 9.79. The smallest absolute Gasteiger partial charge is 0.297 e. The third kappa shape index (κ3) is 5.35. The molecule has 174 valence electrons. The van der Waals surface area contributed by atoms with Gasteiger partial charge in [0.25, 0.3) is 10.1 Å². The summed E-state index contributed by atoms with van der Waals surface area (Å²) in [4.78, 5) is 0.0743. The predicted molar refractivity (Wildman–Crippen MR) is 126 cm³/mol. The van der Waals surface area contributed by atoms with Crippen molar-refractivity contribution in [3.63, 3.8) is 0 Å². The van der Waals surface area contributed by atoms with Gasteiger partial charge < -0.3 is 5.11 Å². The van der Waals surface area contributed by atoms with Crippen LogP contribution in [0.4, 0.5) is 4.39 Å². The van der Waals surface area contributed by atoms with Crippen molar-refractivity contribution in [3.05, 3.63) is 100 Å². The first-order chi connectivity index (χ1) is 15.7. The number of halogens is 1. The third-order valence-corrected chi connectivity index (χ3v) is 7.87. The number of hydrogen-bond donors (Lipinski definition) is 1. The van der Waals surface area contributed by atoms with Crippen LogP contribution in [0.15, 0.2) is 71.6 Å². The minimum atomic E-state index is -3.93. The zero-order valence-corrected chi connectivity index (χ0v) is 19.7. The SMILES string of the molecule is Cc1ccc(S(=O)(=O)OC[C@@H](O)CC[C@@H]2c3ccccc3Cc3ccc(F)cc3[C@H]2C)cc1. The Labute approximate surface area is 195 Å². The normalized spacial score (nSPS) is 18.8. The molecule has 0 saturated heterocycles. The fourth-order valence-electron chi connectivity index (χ4n) is 4.70. The molecule has 1 aliphatic carbocycles. The molecule has 3 aromatic rings. The standard InChI is InChI=1S/C27H29FO4S/c1-18-7-12-24(13-8-18)33(30,31)32-17-23(29)11-14-25-19(2)27-16-22(28)10-9-21(27)15-20-5-3-4-6-26(20)25/h3-10,12-13,16,19,23,25,29H,11,14-15,17H2,1-2H3/t19-,23-,25-/m0/s1. The first kappa shape index (κ1) is 23.6. The van der Waals surface area contributed by atoms with Crippen molar-refractivity contribution in [1.29, 1.82) is 0 Å². The number of fused-ring (bicyclic) bond motifs is 2. The molecule has 0 unspecified atom stereocenters. The maximum atomic E-state index is 14.0. The molecule has 1 aliphatic rings. The molecule has 3 aromatic carbocycles. The van der Waals surface area contributed by atoms with Gasteiger partial charge in [-0.05, 0) is 84.5 Å². The van der Waals surface area contributed by atoms with Crippen LogP contribution in [0.2, 0.25) is 0 Å². The molecule has 0 heterocycles. The van der Waals surface area contributed by atoms with Crippen molar-refractivity contribution in [2.75, 3.05) is 6.61 Å². The summed E-state index contributed by atoms with van der Waals surface area (Å²) in [7, 11) is -3.93. The molecule has 0 aliphatic heterocycles. The molecule has 0 aromatic heterocycles. The lowest BCUT2D eigenvalue weighted by molar-refractivity contribution is 0.0984. The molecule has 4 rings (SSSR count). The van der Waals surface area contributed by atoms with E-state index >= 15 is 0 Å². The lowest BCUT2D eigenvalue weighted by Gasteiger charge is -2.26. The Morgan fingerprint density at radius 1 is 1.03 bits per heavy atom. The molecule has 3 atom stereocenters. The Hall–Kier alpha value is -2.54. The number of aliphatic hydroxyl groups is 1. The highest BCUT2D eigenvalue weighted by molar-refractivity contribution is 7.86. The van der Waals surface area contributed by atoms with Gasteiger partial charge in [0.1, 0.15) is 5.82 Å². The summed E-state index contributed by atoms with van der Waals surface area (Å²) in [5.74, 6) is -0.114. The highest BCUT2D eigenvalue weighted by atomic mass is 32.2.